The van der Waals surface area contributed by atoms with Crippen LogP contribution in [0.15, 0.2) is 42.6 Å². The number of halogens is 4. The predicted molar refractivity (Wildman–Crippen MR) is 126 cm³/mol. The molecule has 190 valence electrons. The van der Waals surface area contributed by atoms with Crippen LogP contribution in [-0.4, -0.2) is 64.4 Å². The maximum Gasteiger partial charge on any atom is 0.405 e. The summed E-state index contributed by atoms with van der Waals surface area (Å²) in [5, 5.41) is 20.9. The summed E-state index contributed by atoms with van der Waals surface area (Å²) in [4.78, 5) is 29.0. The number of benzene rings is 2. The number of nitrogens with zero attached hydrogens (tertiary/aromatic N) is 3. The van der Waals surface area contributed by atoms with Crippen molar-refractivity contribution < 1.29 is 27.9 Å². The Kier molecular flexibility index (Phi) is 6.17. The number of nitrogens with one attached hydrogen (secondary N) is 2. The second kappa shape index (κ2) is 9.06. The van der Waals surface area contributed by atoms with Crippen LogP contribution in [-0.2, 0) is 15.0 Å². The predicted octanol–water partition coefficient (Wildman–Crippen LogP) is 3.27. The molecule has 1 unspecified atom stereocenters. The highest BCUT2D eigenvalue weighted by molar-refractivity contribution is 6.33. The second-order valence-corrected chi connectivity index (χ2v) is 9.53. The second-order valence-electron chi connectivity index (χ2n) is 9.13. The van der Waals surface area contributed by atoms with Gasteiger partial charge in [-0.25, -0.2) is 0 Å². The molecule has 3 heterocycles. The molecule has 1 spiro atoms. The van der Waals surface area contributed by atoms with Crippen molar-refractivity contribution in [1.29, 1.82) is 0 Å². The molecule has 1 fully saturated rings. The zero-order valence-electron chi connectivity index (χ0n) is 19.0. The molecule has 3 aromatic rings. The first-order chi connectivity index (χ1) is 17.1. The number of piperidine rings is 1. The topological polar surface area (TPSA) is 102 Å². The molecule has 12 heteroatoms. The molecule has 0 bridgehead atoms. The summed E-state index contributed by atoms with van der Waals surface area (Å²) in [6.07, 6.45) is -3.12. The molecule has 2 aromatic carbocycles. The molecule has 1 aromatic heterocycles. The minimum absolute atomic E-state index is 0.328. The zero-order chi connectivity index (χ0) is 25.7. The number of rotatable bonds is 5. The van der Waals surface area contributed by atoms with E-state index in [0.29, 0.717) is 47.8 Å². The van der Waals surface area contributed by atoms with Gasteiger partial charge in [-0.05, 0) is 42.7 Å². The van der Waals surface area contributed by atoms with E-state index >= 15 is 0 Å². The van der Waals surface area contributed by atoms with Crippen molar-refractivity contribution in [2.45, 2.75) is 30.7 Å². The number of alkyl halides is 3. The number of carbonyl (C=O) groups is 2. The highest BCUT2D eigenvalue weighted by Crippen LogP contribution is 2.51. The van der Waals surface area contributed by atoms with Crippen molar-refractivity contribution in [2.24, 2.45) is 0 Å². The largest absolute Gasteiger partial charge is 0.405 e. The summed E-state index contributed by atoms with van der Waals surface area (Å²) >= 11 is 6.52. The number of aromatic amines is 1. The Morgan fingerprint density at radius 1 is 1.25 bits per heavy atom. The SMILES string of the molecule is O=C(CN1C(=O)C2(CCN(C(O)c3ccc4[nH]ncc4c3)CC2)c2c(Cl)cccc21)NCC(F)(F)F. The van der Waals surface area contributed by atoms with Gasteiger partial charge >= 0.3 is 6.18 Å². The van der Waals surface area contributed by atoms with Crippen LogP contribution in [0, 0.1) is 0 Å². The maximum absolute atomic E-state index is 13.7. The average Bonchev–Trinajstić information content (AvgIpc) is 3.40. The van der Waals surface area contributed by atoms with E-state index in [-0.39, 0.29) is 5.91 Å². The van der Waals surface area contributed by atoms with Gasteiger partial charge in [-0.1, -0.05) is 23.7 Å². The third-order valence-corrected chi connectivity index (χ3v) is 7.28. The van der Waals surface area contributed by atoms with Gasteiger partial charge in [0.1, 0.15) is 19.3 Å². The summed E-state index contributed by atoms with van der Waals surface area (Å²) in [6, 6.07) is 10.4. The van der Waals surface area contributed by atoms with E-state index in [9.17, 15) is 27.9 Å². The van der Waals surface area contributed by atoms with Crippen molar-refractivity contribution in [1.82, 2.24) is 20.4 Å². The van der Waals surface area contributed by atoms with E-state index in [4.69, 9.17) is 11.6 Å². The third-order valence-electron chi connectivity index (χ3n) is 6.96. The van der Waals surface area contributed by atoms with Crippen molar-refractivity contribution in [3.8, 4) is 0 Å². The van der Waals surface area contributed by atoms with Gasteiger partial charge < -0.3 is 15.3 Å². The molecule has 2 amide bonds. The number of aromatic nitrogens is 2. The fourth-order valence-electron chi connectivity index (χ4n) is 5.19. The van der Waals surface area contributed by atoms with E-state index in [1.807, 2.05) is 28.4 Å². The van der Waals surface area contributed by atoms with Gasteiger partial charge in [0.05, 0.1) is 22.8 Å². The number of fused-ring (bicyclic) bond motifs is 3. The molecular formula is C24H23ClF3N5O3. The first-order valence-corrected chi connectivity index (χ1v) is 11.8. The van der Waals surface area contributed by atoms with Gasteiger partial charge in [0.2, 0.25) is 11.8 Å². The van der Waals surface area contributed by atoms with E-state index in [1.54, 1.807) is 24.4 Å². The van der Waals surface area contributed by atoms with Crippen LogP contribution in [0.5, 0.6) is 0 Å². The molecule has 1 atom stereocenters. The van der Waals surface area contributed by atoms with Crippen LogP contribution in [0.2, 0.25) is 5.02 Å². The molecule has 0 saturated carbocycles. The lowest BCUT2D eigenvalue weighted by atomic mass is 9.73. The highest BCUT2D eigenvalue weighted by atomic mass is 35.5. The smallest absolute Gasteiger partial charge is 0.374 e. The monoisotopic (exact) mass is 521 g/mol. The number of amides is 2. The number of anilines is 1. The van der Waals surface area contributed by atoms with Crippen molar-refractivity contribution in [3.05, 3.63) is 58.7 Å². The number of aliphatic hydroxyl groups is 1. The minimum Gasteiger partial charge on any atom is -0.374 e. The lowest BCUT2D eigenvalue weighted by Crippen LogP contribution is -2.51. The van der Waals surface area contributed by atoms with Crippen LogP contribution >= 0.6 is 11.6 Å². The van der Waals surface area contributed by atoms with Crippen LogP contribution in [0.25, 0.3) is 10.9 Å². The summed E-state index contributed by atoms with van der Waals surface area (Å²) < 4.78 is 37.6. The molecule has 0 radical (unpaired) electrons. The van der Waals surface area contributed by atoms with Crippen LogP contribution in [0.4, 0.5) is 18.9 Å². The number of carbonyl (C=O) groups excluding carboxylic acids is 2. The van der Waals surface area contributed by atoms with Gasteiger partial charge in [0.15, 0.2) is 0 Å². The van der Waals surface area contributed by atoms with E-state index < -0.39 is 36.8 Å². The van der Waals surface area contributed by atoms with Gasteiger partial charge in [0.25, 0.3) is 0 Å². The van der Waals surface area contributed by atoms with Crippen LogP contribution < -0.4 is 10.2 Å². The van der Waals surface area contributed by atoms with Gasteiger partial charge in [-0.15, -0.1) is 0 Å². The Bertz CT molecular complexity index is 1320. The van der Waals surface area contributed by atoms with Gasteiger partial charge in [-0.2, -0.15) is 18.3 Å². The summed E-state index contributed by atoms with van der Waals surface area (Å²) in [7, 11) is 0. The number of hydrogen-bond acceptors (Lipinski definition) is 5. The Morgan fingerprint density at radius 3 is 2.72 bits per heavy atom. The quantitative estimate of drug-likeness (QED) is 0.478. The zero-order valence-corrected chi connectivity index (χ0v) is 19.7. The molecule has 8 nitrogen and oxygen atoms in total. The van der Waals surface area contributed by atoms with Crippen molar-refractivity contribution in [2.75, 3.05) is 31.1 Å². The molecule has 36 heavy (non-hydrogen) atoms. The molecule has 5 rings (SSSR count). The van der Waals surface area contributed by atoms with E-state index in [0.717, 1.165) is 10.9 Å². The Morgan fingerprint density at radius 2 is 2.00 bits per heavy atom. The van der Waals surface area contributed by atoms with E-state index in [1.165, 1.54) is 4.90 Å². The number of likely N-dealkylation sites (tertiary alicyclic amines) is 1. The number of H-pyrrole nitrogens is 1. The standard InChI is InChI=1S/C24H23ClF3N5O3/c25-16-2-1-3-18-20(16)23(22(36)33(18)12-19(34)29-13-24(26,27)28)6-8-32(9-7-23)21(35)14-4-5-17-15(10-14)11-30-31-17/h1-5,10-11,21,35H,6-9,12-13H2,(H,29,34)(H,30,31). The Balaban J connectivity index is 1.35. The van der Waals surface area contributed by atoms with Crippen molar-refractivity contribution >= 4 is 40.0 Å². The van der Waals surface area contributed by atoms with Gasteiger partial charge in [0, 0.05) is 29.1 Å². The fraction of sp³-hybridized carbons (Fsp3) is 0.375. The number of aliphatic hydroxyl groups excluding tert-OH is 1. The normalized spacial score (nSPS) is 18.6. The molecular weight excluding hydrogens is 499 g/mol. The summed E-state index contributed by atoms with van der Waals surface area (Å²) in [5.41, 5.74) is 1.52. The number of hydrogen-bond donors (Lipinski definition) is 3. The summed E-state index contributed by atoms with van der Waals surface area (Å²) in [5.74, 6) is -1.28. The Hall–Kier alpha value is -3.15. The average molecular weight is 522 g/mol. The minimum atomic E-state index is -4.55. The molecule has 2 aliphatic heterocycles. The Labute approximate surface area is 209 Å². The summed E-state index contributed by atoms with van der Waals surface area (Å²) in [6.45, 7) is -1.27. The molecule has 0 aliphatic carbocycles. The molecule has 1 saturated heterocycles. The lowest BCUT2D eigenvalue weighted by molar-refractivity contribution is -0.138. The van der Waals surface area contributed by atoms with Crippen LogP contribution in [0.3, 0.4) is 0 Å². The molecule has 2 aliphatic rings. The fourth-order valence-corrected chi connectivity index (χ4v) is 5.54. The van der Waals surface area contributed by atoms with Crippen molar-refractivity contribution in [3.63, 3.8) is 0 Å². The highest BCUT2D eigenvalue weighted by Gasteiger charge is 2.54. The van der Waals surface area contributed by atoms with E-state index in [2.05, 4.69) is 10.2 Å². The van der Waals surface area contributed by atoms with Crippen LogP contribution in [0.1, 0.15) is 30.2 Å². The molecule has 3 N–H and O–H groups in total. The third kappa shape index (κ3) is 4.31. The maximum atomic E-state index is 13.7. The first kappa shape index (κ1) is 24.5. The van der Waals surface area contributed by atoms with Gasteiger partial charge in [-0.3, -0.25) is 19.6 Å². The first-order valence-electron chi connectivity index (χ1n) is 11.4. The lowest BCUT2D eigenvalue weighted by Gasteiger charge is -2.40.